The number of carboxylic acid groups (broad SMARTS) is 1. The molecule has 0 spiro atoms. The molecule has 0 saturated carbocycles. The SMILES string of the molecule is CC1(C)COCCN(C(=O)C(CCC(=O)O)NC(=O)OCC2c3ccccc3-c3ccccc32)C1. The molecule has 2 amide bonds. The Hall–Kier alpha value is -3.39. The second kappa shape index (κ2) is 10.5. The first-order chi connectivity index (χ1) is 16.7. The molecule has 186 valence electrons. The van der Waals surface area contributed by atoms with Crippen LogP contribution < -0.4 is 5.32 Å². The number of aliphatic carboxylic acids is 1. The Morgan fingerprint density at radius 2 is 1.74 bits per heavy atom. The first kappa shape index (κ1) is 24.7. The molecule has 4 rings (SSSR count). The zero-order valence-electron chi connectivity index (χ0n) is 20.2. The van der Waals surface area contributed by atoms with E-state index < -0.39 is 18.1 Å². The summed E-state index contributed by atoms with van der Waals surface area (Å²) in [7, 11) is 0. The van der Waals surface area contributed by atoms with Gasteiger partial charge in [-0.05, 0) is 28.7 Å². The standard InChI is InChI=1S/C27H32N2O6/c1-27(2)16-29(13-14-34-17-27)25(32)23(11-12-24(30)31)28-26(33)35-15-22-20-9-5-3-7-18(20)19-8-4-6-10-21(19)22/h3-10,22-23H,11-17H2,1-2H3,(H,28,33)(H,30,31). The summed E-state index contributed by atoms with van der Waals surface area (Å²) in [4.78, 5) is 38.9. The molecule has 1 aliphatic heterocycles. The fourth-order valence-electron chi connectivity index (χ4n) is 4.88. The van der Waals surface area contributed by atoms with Crippen LogP contribution in [0.15, 0.2) is 48.5 Å². The molecule has 0 aromatic heterocycles. The van der Waals surface area contributed by atoms with Crippen LogP contribution in [0.25, 0.3) is 11.1 Å². The van der Waals surface area contributed by atoms with Gasteiger partial charge in [0.05, 0.1) is 13.2 Å². The summed E-state index contributed by atoms with van der Waals surface area (Å²) in [6, 6.07) is 15.1. The molecule has 2 aromatic rings. The van der Waals surface area contributed by atoms with Gasteiger partial charge in [-0.2, -0.15) is 0 Å². The summed E-state index contributed by atoms with van der Waals surface area (Å²) in [6.45, 7) is 5.89. The van der Waals surface area contributed by atoms with Crippen molar-refractivity contribution in [2.45, 2.75) is 38.6 Å². The number of rotatable bonds is 7. The largest absolute Gasteiger partial charge is 0.481 e. The van der Waals surface area contributed by atoms with Gasteiger partial charge >= 0.3 is 12.1 Å². The Morgan fingerprint density at radius 3 is 2.37 bits per heavy atom. The monoisotopic (exact) mass is 480 g/mol. The molecule has 2 N–H and O–H groups in total. The van der Waals surface area contributed by atoms with Crippen LogP contribution in [0.5, 0.6) is 0 Å². The maximum atomic E-state index is 13.3. The third-order valence-corrected chi connectivity index (χ3v) is 6.51. The van der Waals surface area contributed by atoms with Crippen molar-refractivity contribution in [3.63, 3.8) is 0 Å². The highest BCUT2D eigenvalue weighted by Gasteiger charge is 2.34. The first-order valence-electron chi connectivity index (χ1n) is 11.9. The van der Waals surface area contributed by atoms with Crippen molar-refractivity contribution in [2.24, 2.45) is 5.41 Å². The van der Waals surface area contributed by atoms with Gasteiger partial charge in [0, 0.05) is 30.8 Å². The maximum Gasteiger partial charge on any atom is 0.407 e. The van der Waals surface area contributed by atoms with Gasteiger partial charge in [0.25, 0.3) is 0 Å². The smallest absolute Gasteiger partial charge is 0.407 e. The molecule has 8 nitrogen and oxygen atoms in total. The van der Waals surface area contributed by atoms with Gasteiger partial charge in [-0.15, -0.1) is 0 Å². The lowest BCUT2D eigenvalue weighted by molar-refractivity contribution is -0.138. The zero-order chi connectivity index (χ0) is 25.0. The van der Waals surface area contributed by atoms with Crippen molar-refractivity contribution < 1.29 is 29.0 Å². The predicted molar refractivity (Wildman–Crippen MR) is 130 cm³/mol. The molecule has 1 fully saturated rings. The van der Waals surface area contributed by atoms with E-state index in [1.54, 1.807) is 4.90 Å². The Bertz CT molecular complexity index is 1050. The number of ether oxygens (including phenoxy) is 2. The molecule has 1 unspecified atom stereocenters. The minimum Gasteiger partial charge on any atom is -0.481 e. The Kier molecular flexibility index (Phi) is 7.40. The quantitative estimate of drug-likeness (QED) is 0.627. The van der Waals surface area contributed by atoms with Gasteiger partial charge in [-0.25, -0.2) is 4.79 Å². The molecule has 2 aliphatic rings. The fraction of sp³-hybridized carbons (Fsp3) is 0.444. The number of hydrogen-bond donors (Lipinski definition) is 2. The molecule has 1 heterocycles. The lowest BCUT2D eigenvalue weighted by Gasteiger charge is -2.31. The van der Waals surface area contributed by atoms with Crippen molar-refractivity contribution in [1.29, 1.82) is 0 Å². The van der Waals surface area contributed by atoms with E-state index in [0.29, 0.717) is 26.3 Å². The van der Waals surface area contributed by atoms with Gasteiger partial charge in [0.1, 0.15) is 12.6 Å². The molecule has 8 heteroatoms. The summed E-state index contributed by atoms with van der Waals surface area (Å²) in [5.41, 5.74) is 4.18. The first-order valence-corrected chi connectivity index (χ1v) is 11.9. The van der Waals surface area contributed by atoms with Crippen LogP contribution in [-0.2, 0) is 19.1 Å². The predicted octanol–water partition coefficient (Wildman–Crippen LogP) is 3.64. The van der Waals surface area contributed by atoms with Gasteiger partial charge < -0.3 is 24.8 Å². The fourth-order valence-corrected chi connectivity index (χ4v) is 4.88. The van der Waals surface area contributed by atoms with Crippen molar-refractivity contribution in [2.75, 3.05) is 32.9 Å². The summed E-state index contributed by atoms with van der Waals surface area (Å²) in [6.07, 6.45) is -0.995. The molecule has 0 bridgehead atoms. The van der Waals surface area contributed by atoms with Crippen LogP contribution in [0.3, 0.4) is 0 Å². The number of hydrogen-bond acceptors (Lipinski definition) is 5. The molecule has 1 atom stereocenters. The van der Waals surface area contributed by atoms with Crippen molar-refractivity contribution >= 4 is 18.0 Å². The summed E-state index contributed by atoms with van der Waals surface area (Å²) < 4.78 is 11.2. The normalized spacial score (nSPS) is 17.6. The summed E-state index contributed by atoms with van der Waals surface area (Å²) in [5, 5.41) is 11.8. The second-order valence-corrected chi connectivity index (χ2v) is 9.93. The van der Waals surface area contributed by atoms with Crippen LogP contribution in [0.2, 0.25) is 0 Å². The zero-order valence-corrected chi connectivity index (χ0v) is 20.2. The lowest BCUT2D eigenvalue weighted by Crippen LogP contribution is -2.51. The number of carboxylic acids is 1. The Morgan fingerprint density at radius 1 is 1.11 bits per heavy atom. The minimum absolute atomic E-state index is 0.0177. The van der Waals surface area contributed by atoms with E-state index in [-0.39, 0.29) is 36.7 Å². The number of alkyl carbamates (subject to hydrolysis) is 1. The third-order valence-electron chi connectivity index (χ3n) is 6.51. The number of amides is 2. The molecule has 1 aliphatic carbocycles. The number of nitrogens with one attached hydrogen (secondary N) is 1. The topological polar surface area (TPSA) is 105 Å². The van der Waals surface area contributed by atoms with Crippen molar-refractivity contribution in [3.05, 3.63) is 59.7 Å². The maximum absolute atomic E-state index is 13.3. The van der Waals surface area contributed by atoms with Crippen LogP contribution in [0.1, 0.15) is 43.7 Å². The number of fused-ring (bicyclic) bond motifs is 3. The van der Waals surface area contributed by atoms with Crippen LogP contribution in [0, 0.1) is 5.41 Å². The van der Waals surface area contributed by atoms with Crippen LogP contribution in [0.4, 0.5) is 4.79 Å². The molecule has 2 aromatic carbocycles. The van der Waals surface area contributed by atoms with Gasteiger partial charge in [0.2, 0.25) is 5.91 Å². The van der Waals surface area contributed by atoms with E-state index >= 15 is 0 Å². The van der Waals surface area contributed by atoms with Gasteiger partial charge in [0.15, 0.2) is 0 Å². The average molecular weight is 481 g/mol. The Labute approximate surface area is 205 Å². The average Bonchev–Trinajstić information content (AvgIpc) is 3.03. The second-order valence-electron chi connectivity index (χ2n) is 9.93. The number of carbonyl (C=O) groups is 3. The highest BCUT2D eigenvalue weighted by atomic mass is 16.5. The lowest BCUT2D eigenvalue weighted by atomic mass is 9.94. The highest BCUT2D eigenvalue weighted by molar-refractivity contribution is 5.86. The number of carbonyl (C=O) groups excluding carboxylic acids is 2. The molecule has 1 saturated heterocycles. The minimum atomic E-state index is -1.03. The van der Waals surface area contributed by atoms with E-state index in [0.717, 1.165) is 22.3 Å². The third kappa shape index (κ3) is 5.82. The molecular formula is C27H32N2O6. The van der Waals surface area contributed by atoms with E-state index in [4.69, 9.17) is 14.6 Å². The molecular weight excluding hydrogens is 448 g/mol. The Balaban J connectivity index is 1.44. The highest BCUT2D eigenvalue weighted by Crippen LogP contribution is 2.44. The molecule has 35 heavy (non-hydrogen) atoms. The van der Waals surface area contributed by atoms with Gasteiger partial charge in [-0.1, -0.05) is 62.4 Å². The van der Waals surface area contributed by atoms with Crippen molar-refractivity contribution in [1.82, 2.24) is 10.2 Å². The number of benzene rings is 2. The molecule has 0 radical (unpaired) electrons. The van der Waals surface area contributed by atoms with E-state index in [1.165, 1.54) is 0 Å². The summed E-state index contributed by atoms with van der Waals surface area (Å²) >= 11 is 0. The van der Waals surface area contributed by atoms with Gasteiger partial charge in [-0.3, -0.25) is 9.59 Å². The summed E-state index contributed by atoms with van der Waals surface area (Å²) in [5.74, 6) is -1.46. The van der Waals surface area contributed by atoms with Crippen LogP contribution >= 0.6 is 0 Å². The number of nitrogens with zero attached hydrogens (tertiary/aromatic N) is 1. The van der Waals surface area contributed by atoms with E-state index in [1.807, 2.05) is 50.2 Å². The van der Waals surface area contributed by atoms with E-state index in [2.05, 4.69) is 17.4 Å². The van der Waals surface area contributed by atoms with Crippen LogP contribution in [-0.4, -0.2) is 66.9 Å². The van der Waals surface area contributed by atoms with E-state index in [9.17, 15) is 14.4 Å². The van der Waals surface area contributed by atoms with Crippen molar-refractivity contribution in [3.8, 4) is 11.1 Å².